The van der Waals surface area contributed by atoms with Crippen LogP contribution < -0.4 is 5.73 Å². The van der Waals surface area contributed by atoms with Gasteiger partial charge in [-0.15, -0.1) is 0 Å². The van der Waals surface area contributed by atoms with Crippen LogP contribution in [0.2, 0.25) is 5.02 Å². The summed E-state index contributed by atoms with van der Waals surface area (Å²) >= 11 is 6.20. The van der Waals surface area contributed by atoms with Crippen LogP contribution in [0.5, 0.6) is 0 Å². The molecule has 1 atom stereocenters. The van der Waals surface area contributed by atoms with Gasteiger partial charge in [-0.25, -0.2) is 4.39 Å². The second kappa shape index (κ2) is 4.62. The van der Waals surface area contributed by atoms with E-state index in [1.807, 2.05) is 12.1 Å². The van der Waals surface area contributed by atoms with Crippen molar-refractivity contribution in [1.29, 1.82) is 0 Å². The Hall–Kier alpha value is -1.38. The van der Waals surface area contributed by atoms with Crippen molar-refractivity contribution in [2.75, 3.05) is 0 Å². The Labute approximate surface area is 117 Å². The minimum absolute atomic E-state index is 0.289. The van der Waals surface area contributed by atoms with Gasteiger partial charge >= 0.3 is 0 Å². The molecule has 1 unspecified atom stereocenters. The zero-order valence-corrected chi connectivity index (χ0v) is 11.3. The van der Waals surface area contributed by atoms with E-state index < -0.39 is 5.54 Å². The van der Waals surface area contributed by atoms with Crippen molar-refractivity contribution in [2.24, 2.45) is 5.73 Å². The minimum atomic E-state index is -0.576. The van der Waals surface area contributed by atoms with Crippen molar-refractivity contribution < 1.29 is 4.39 Å². The van der Waals surface area contributed by atoms with Gasteiger partial charge in [-0.2, -0.15) is 0 Å². The zero-order chi connectivity index (χ0) is 13.5. The SMILES string of the molecule is NC1(c2cc(F)ccc2Cl)CCc2ccccc2C1. The Morgan fingerprint density at radius 1 is 1.11 bits per heavy atom. The lowest BCUT2D eigenvalue weighted by Crippen LogP contribution is -2.42. The topological polar surface area (TPSA) is 26.0 Å². The van der Waals surface area contributed by atoms with Crippen LogP contribution in [-0.2, 0) is 18.4 Å². The monoisotopic (exact) mass is 275 g/mol. The van der Waals surface area contributed by atoms with Crippen LogP contribution in [0.15, 0.2) is 42.5 Å². The molecule has 0 radical (unpaired) electrons. The molecule has 0 fully saturated rings. The van der Waals surface area contributed by atoms with Gasteiger partial charge in [-0.1, -0.05) is 35.9 Å². The summed E-state index contributed by atoms with van der Waals surface area (Å²) in [7, 11) is 0. The fourth-order valence-electron chi connectivity index (χ4n) is 2.87. The van der Waals surface area contributed by atoms with Gasteiger partial charge in [0.2, 0.25) is 0 Å². The molecule has 1 aliphatic carbocycles. The zero-order valence-electron chi connectivity index (χ0n) is 10.5. The number of benzene rings is 2. The third-order valence-corrected chi connectivity index (χ3v) is 4.26. The summed E-state index contributed by atoms with van der Waals surface area (Å²) in [5.41, 5.74) is 9.21. The van der Waals surface area contributed by atoms with Gasteiger partial charge in [-0.3, -0.25) is 0 Å². The normalized spacial score (nSPS) is 22.1. The van der Waals surface area contributed by atoms with Crippen LogP contribution in [0.1, 0.15) is 23.1 Å². The molecule has 2 aromatic rings. The third kappa shape index (κ3) is 2.26. The first-order chi connectivity index (χ1) is 9.08. The Morgan fingerprint density at radius 2 is 1.84 bits per heavy atom. The summed E-state index contributed by atoms with van der Waals surface area (Å²) in [6, 6.07) is 12.7. The molecule has 0 saturated carbocycles. The van der Waals surface area contributed by atoms with Gasteiger partial charge < -0.3 is 5.73 Å². The number of nitrogens with two attached hydrogens (primary N) is 1. The van der Waals surface area contributed by atoms with Gasteiger partial charge in [-0.05, 0) is 54.2 Å². The van der Waals surface area contributed by atoms with Gasteiger partial charge in [0.1, 0.15) is 5.82 Å². The lowest BCUT2D eigenvalue weighted by molar-refractivity contribution is 0.383. The molecule has 2 aromatic carbocycles. The van der Waals surface area contributed by atoms with Crippen molar-refractivity contribution in [3.63, 3.8) is 0 Å². The maximum Gasteiger partial charge on any atom is 0.123 e. The maximum absolute atomic E-state index is 13.5. The molecule has 0 heterocycles. The molecule has 1 aliphatic rings. The van der Waals surface area contributed by atoms with Crippen molar-refractivity contribution in [2.45, 2.75) is 24.8 Å². The van der Waals surface area contributed by atoms with Gasteiger partial charge in [0.05, 0.1) is 0 Å². The van der Waals surface area contributed by atoms with Crippen molar-refractivity contribution in [1.82, 2.24) is 0 Å². The predicted molar refractivity (Wildman–Crippen MR) is 75.7 cm³/mol. The fourth-order valence-corrected chi connectivity index (χ4v) is 3.17. The standard InChI is InChI=1S/C16H15ClFN/c17-15-6-5-13(18)9-14(15)16(19)8-7-11-3-1-2-4-12(11)10-16/h1-6,9H,7-8,10,19H2. The highest BCUT2D eigenvalue weighted by Gasteiger charge is 2.33. The quantitative estimate of drug-likeness (QED) is 0.841. The molecule has 98 valence electrons. The number of fused-ring (bicyclic) bond motifs is 1. The average molecular weight is 276 g/mol. The van der Waals surface area contributed by atoms with E-state index in [2.05, 4.69) is 12.1 Å². The molecule has 1 nitrogen and oxygen atoms in total. The Kier molecular flexibility index (Phi) is 3.08. The first-order valence-electron chi connectivity index (χ1n) is 6.40. The highest BCUT2D eigenvalue weighted by Crippen LogP contribution is 2.37. The molecule has 0 spiro atoms. The third-order valence-electron chi connectivity index (χ3n) is 3.93. The number of aryl methyl sites for hydroxylation is 1. The van der Waals surface area contributed by atoms with Crippen LogP contribution in [0.25, 0.3) is 0 Å². The van der Waals surface area contributed by atoms with Gasteiger partial charge in [0, 0.05) is 10.6 Å². The molecule has 19 heavy (non-hydrogen) atoms. The number of hydrogen-bond donors (Lipinski definition) is 1. The molecule has 0 aliphatic heterocycles. The molecule has 0 bridgehead atoms. The van der Waals surface area contributed by atoms with E-state index >= 15 is 0 Å². The van der Waals surface area contributed by atoms with E-state index in [0.29, 0.717) is 17.0 Å². The first kappa shape index (κ1) is 12.6. The summed E-state index contributed by atoms with van der Waals surface area (Å²) in [5, 5.41) is 0.545. The van der Waals surface area contributed by atoms with Crippen LogP contribution in [0.4, 0.5) is 4.39 Å². The summed E-state index contributed by atoms with van der Waals surface area (Å²) < 4.78 is 13.5. The molecule has 3 rings (SSSR count). The largest absolute Gasteiger partial charge is 0.321 e. The summed E-state index contributed by atoms with van der Waals surface area (Å²) in [6.45, 7) is 0. The maximum atomic E-state index is 13.5. The average Bonchev–Trinajstić information content (AvgIpc) is 2.41. The van der Waals surface area contributed by atoms with Gasteiger partial charge in [0.25, 0.3) is 0 Å². The second-order valence-corrected chi connectivity index (χ2v) is 5.63. The predicted octanol–water partition coefficient (Wildman–Crippen LogP) is 3.82. The summed E-state index contributed by atoms with van der Waals surface area (Å²) in [4.78, 5) is 0. The highest BCUT2D eigenvalue weighted by atomic mass is 35.5. The Morgan fingerprint density at radius 3 is 2.63 bits per heavy atom. The number of rotatable bonds is 1. The Bertz CT molecular complexity index is 626. The summed E-state index contributed by atoms with van der Waals surface area (Å²) in [6.07, 6.45) is 2.39. The van der Waals surface area contributed by atoms with E-state index in [0.717, 1.165) is 12.8 Å². The van der Waals surface area contributed by atoms with Crippen LogP contribution in [0.3, 0.4) is 0 Å². The second-order valence-electron chi connectivity index (χ2n) is 5.23. The Balaban J connectivity index is 2.04. The molecule has 0 aromatic heterocycles. The van der Waals surface area contributed by atoms with Crippen molar-refractivity contribution >= 4 is 11.6 Å². The first-order valence-corrected chi connectivity index (χ1v) is 6.77. The highest BCUT2D eigenvalue weighted by molar-refractivity contribution is 6.31. The van der Waals surface area contributed by atoms with E-state index in [4.69, 9.17) is 17.3 Å². The molecule has 2 N–H and O–H groups in total. The van der Waals surface area contributed by atoms with Crippen molar-refractivity contribution in [3.8, 4) is 0 Å². The molecule has 0 saturated heterocycles. The lowest BCUT2D eigenvalue weighted by Gasteiger charge is -2.36. The molecular formula is C16H15ClFN. The van der Waals surface area contributed by atoms with Crippen molar-refractivity contribution in [3.05, 3.63) is 70.0 Å². The van der Waals surface area contributed by atoms with Crippen LogP contribution >= 0.6 is 11.6 Å². The van der Waals surface area contributed by atoms with Gasteiger partial charge in [0.15, 0.2) is 0 Å². The fraction of sp³-hybridized carbons (Fsp3) is 0.250. The van der Waals surface area contributed by atoms with E-state index in [1.54, 1.807) is 6.07 Å². The lowest BCUT2D eigenvalue weighted by atomic mass is 9.74. The minimum Gasteiger partial charge on any atom is -0.321 e. The van der Waals surface area contributed by atoms with Crippen LogP contribution in [0, 0.1) is 5.82 Å². The molecule has 3 heteroatoms. The molecule has 0 amide bonds. The van der Waals surface area contributed by atoms with E-state index in [-0.39, 0.29) is 5.82 Å². The van der Waals surface area contributed by atoms with Crippen LogP contribution in [-0.4, -0.2) is 0 Å². The number of hydrogen-bond acceptors (Lipinski definition) is 1. The van der Waals surface area contributed by atoms with E-state index in [1.165, 1.54) is 23.3 Å². The number of halogens is 2. The summed E-state index contributed by atoms with van der Waals surface area (Å²) in [5.74, 6) is -0.289. The smallest absolute Gasteiger partial charge is 0.123 e. The van der Waals surface area contributed by atoms with E-state index in [9.17, 15) is 4.39 Å². The molecular weight excluding hydrogens is 261 g/mol.